The van der Waals surface area contributed by atoms with Crippen LogP contribution in [0.15, 0.2) is 11.1 Å². The molecule has 0 aromatic carbocycles. The first-order valence-electron chi connectivity index (χ1n) is 9.10. The molecule has 0 aliphatic carbocycles. The lowest BCUT2D eigenvalue weighted by molar-refractivity contribution is -0.0511. The van der Waals surface area contributed by atoms with E-state index in [0.29, 0.717) is 0 Å². The minimum atomic E-state index is -1.35. The van der Waals surface area contributed by atoms with Gasteiger partial charge in [0.2, 0.25) is 5.95 Å². The molecule has 1 fully saturated rings. The molecule has 0 saturated carbocycles. The second kappa shape index (κ2) is 7.80. The van der Waals surface area contributed by atoms with Crippen LogP contribution in [0, 0.1) is 0 Å². The third kappa shape index (κ3) is 3.42. The van der Waals surface area contributed by atoms with E-state index in [0.717, 1.165) is 4.57 Å². The van der Waals surface area contributed by atoms with Crippen LogP contribution < -0.4 is 10.5 Å². The van der Waals surface area contributed by atoms with Crippen molar-refractivity contribution in [2.45, 2.75) is 37.5 Å². The van der Waals surface area contributed by atoms with Gasteiger partial charge in [0.25, 0.3) is 11.5 Å². The van der Waals surface area contributed by atoms with Crippen molar-refractivity contribution in [1.82, 2.24) is 24.0 Å². The van der Waals surface area contributed by atoms with E-state index in [1.165, 1.54) is 15.8 Å². The zero-order chi connectivity index (χ0) is 21.6. The standard InChI is InChI=1S/C17H26N6O6/c1-8(20(2)3)14(27)23-15(28)10-13(19-17(23)21(4)5)22(7-18-10)16-12(26)11(25)9(6-24)29-16/h7-9,11-12,16,24-26H,6H2,1-5H3/t8?,9-,11-,12-,16-/m1/s1. The number of anilines is 1. The molecule has 1 aliphatic rings. The van der Waals surface area contributed by atoms with E-state index in [9.17, 15) is 24.9 Å². The van der Waals surface area contributed by atoms with Crippen LogP contribution in [0.4, 0.5) is 5.95 Å². The summed E-state index contributed by atoms with van der Waals surface area (Å²) in [6, 6.07) is -0.576. The van der Waals surface area contributed by atoms with Crippen LogP contribution in [0.25, 0.3) is 11.2 Å². The number of aliphatic hydroxyl groups is 3. The van der Waals surface area contributed by atoms with Crippen molar-refractivity contribution in [1.29, 1.82) is 0 Å². The van der Waals surface area contributed by atoms with E-state index in [2.05, 4.69) is 9.97 Å². The fourth-order valence-electron chi connectivity index (χ4n) is 3.16. The van der Waals surface area contributed by atoms with Crippen molar-refractivity contribution in [3.63, 3.8) is 0 Å². The number of nitrogens with zero attached hydrogens (tertiary/aromatic N) is 6. The monoisotopic (exact) mass is 410 g/mol. The molecule has 160 valence electrons. The predicted octanol–water partition coefficient (Wildman–Crippen LogP) is -2.14. The summed E-state index contributed by atoms with van der Waals surface area (Å²) >= 11 is 0. The Hall–Kier alpha value is -2.38. The largest absolute Gasteiger partial charge is 0.394 e. The smallest absolute Gasteiger partial charge is 0.290 e. The lowest BCUT2D eigenvalue weighted by atomic mass is 10.1. The fraction of sp³-hybridized carbons (Fsp3) is 0.647. The van der Waals surface area contributed by atoms with E-state index >= 15 is 0 Å². The Morgan fingerprint density at radius 3 is 2.45 bits per heavy atom. The average Bonchev–Trinajstić information content (AvgIpc) is 3.22. The molecule has 0 radical (unpaired) electrons. The van der Waals surface area contributed by atoms with Gasteiger partial charge < -0.3 is 25.0 Å². The molecule has 3 N–H and O–H groups in total. The first-order valence-corrected chi connectivity index (χ1v) is 9.10. The third-order valence-corrected chi connectivity index (χ3v) is 5.12. The highest BCUT2D eigenvalue weighted by atomic mass is 16.6. The zero-order valence-corrected chi connectivity index (χ0v) is 16.9. The number of aromatic nitrogens is 4. The van der Waals surface area contributed by atoms with Gasteiger partial charge in [-0.15, -0.1) is 0 Å². The molecule has 29 heavy (non-hydrogen) atoms. The van der Waals surface area contributed by atoms with Crippen LogP contribution in [0.2, 0.25) is 0 Å². The lowest BCUT2D eigenvalue weighted by Gasteiger charge is -2.23. The average molecular weight is 410 g/mol. The van der Waals surface area contributed by atoms with Gasteiger partial charge in [-0.1, -0.05) is 0 Å². The van der Waals surface area contributed by atoms with Crippen molar-refractivity contribution in [3.8, 4) is 0 Å². The third-order valence-electron chi connectivity index (χ3n) is 5.12. The molecule has 0 spiro atoms. The highest BCUT2D eigenvalue weighted by molar-refractivity contribution is 5.88. The van der Waals surface area contributed by atoms with Crippen molar-refractivity contribution < 1.29 is 24.9 Å². The fourth-order valence-corrected chi connectivity index (χ4v) is 3.16. The van der Waals surface area contributed by atoms with Gasteiger partial charge in [0.05, 0.1) is 19.0 Å². The number of imidazole rings is 1. The molecule has 3 heterocycles. The van der Waals surface area contributed by atoms with Crippen molar-refractivity contribution >= 4 is 23.0 Å². The van der Waals surface area contributed by atoms with Gasteiger partial charge in [0, 0.05) is 14.1 Å². The summed E-state index contributed by atoms with van der Waals surface area (Å²) in [5.74, 6) is -0.365. The molecule has 2 aromatic rings. The lowest BCUT2D eigenvalue weighted by Crippen LogP contribution is -2.43. The maximum atomic E-state index is 13.1. The normalized spacial score (nSPS) is 25.7. The molecule has 12 heteroatoms. The summed E-state index contributed by atoms with van der Waals surface area (Å²) in [5, 5.41) is 29.6. The van der Waals surface area contributed by atoms with Crippen molar-refractivity contribution in [2.24, 2.45) is 0 Å². The SMILES string of the molecule is CC(C(=O)n1c(N(C)C)nc2c(ncn2[C@@H]2O[C@H](CO)[C@@H](O)[C@H]2O)c1=O)N(C)C. The Morgan fingerprint density at radius 2 is 1.93 bits per heavy atom. The molecular formula is C17H26N6O6. The highest BCUT2D eigenvalue weighted by Crippen LogP contribution is 2.31. The number of hydrogen-bond donors (Lipinski definition) is 3. The molecule has 0 amide bonds. The van der Waals surface area contributed by atoms with Crippen LogP contribution in [-0.4, -0.2) is 104 Å². The molecule has 12 nitrogen and oxygen atoms in total. The molecule has 0 bridgehead atoms. The Labute approximate surface area is 166 Å². The summed E-state index contributed by atoms with van der Waals surface area (Å²) in [6.45, 7) is 1.19. The number of ether oxygens (including phenoxy) is 1. The Kier molecular flexibility index (Phi) is 5.74. The minimum absolute atomic E-state index is 0.0763. The maximum Gasteiger partial charge on any atom is 0.290 e. The van der Waals surface area contributed by atoms with E-state index in [1.807, 2.05) is 0 Å². The van der Waals surface area contributed by atoms with Crippen LogP contribution in [0.3, 0.4) is 0 Å². The van der Waals surface area contributed by atoms with Gasteiger partial charge in [-0.05, 0) is 21.0 Å². The molecule has 3 rings (SSSR count). The molecule has 2 aromatic heterocycles. The number of likely N-dealkylation sites (N-methyl/N-ethyl adjacent to an activating group) is 1. The van der Waals surface area contributed by atoms with Crippen LogP contribution in [-0.2, 0) is 4.74 Å². The molecular weight excluding hydrogens is 384 g/mol. The van der Waals surface area contributed by atoms with E-state index in [1.54, 1.807) is 40.0 Å². The number of fused-ring (bicyclic) bond motifs is 1. The second-order valence-electron chi connectivity index (χ2n) is 7.48. The first-order chi connectivity index (χ1) is 13.6. The topological polar surface area (TPSA) is 146 Å². The Balaban J connectivity index is 2.18. The van der Waals surface area contributed by atoms with Gasteiger partial charge in [0.1, 0.15) is 18.3 Å². The maximum absolute atomic E-state index is 13.1. The molecule has 1 saturated heterocycles. The van der Waals surface area contributed by atoms with Gasteiger partial charge in [-0.25, -0.2) is 9.55 Å². The summed E-state index contributed by atoms with van der Waals surface area (Å²) in [4.78, 5) is 37.7. The number of carbonyl (C=O) groups is 1. The highest BCUT2D eigenvalue weighted by Gasteiger charge is 2.44. The van der Waals surface area contributed by atoms with Crippen LogP contribution in [0.5, 0.6) is 0 Å². The number of carbonyl (C=O) groups excluding carboxylic acids is 1. The number of aliphatic hydroxyl groups excluding tert-OH is 3. The van der Waals surface area contributed by atoms with E-state index in [-0.39, 0.29) is 17.1 Å². The predicted molar refractivity (Wildman–Crippen MR) is 103 cm³/mol. The van der Waals surface area contributed by atoms with Gasteiger partial charge in [0.15, 0.2) is 17.4 Å². The Bertz CT molecular complexity index is 969. The molecule has 1 unspecified atom stereocenters. The Morgan fingerprint density at radius 1 is 1.28 bits per heavy atom. The van der Waals surface area contributed by atoms with Gasteiger partial charge >= 0.3 is 0 Å². The van der Waals surface area contributed by atoms with Crippen LogP contribution in [0.1, 0.15) is 17.9 Å². The van der Waals surface area contributed by atoms with Gasteiger partial charge in [-0.2, -0.15) is 4.98 Å². The number of hydrogen-bond acceptors (Lipinski definition) is 10. The summed E-state index contributed by atoms with van der Waals surface area (Å²) < 4.78 is 7.80. The molecule has 1 aliphatic heterocycles. The van der Waals surface area contributed by atoms with Crippen molar-refractivity contribution in [3.05, 3.63) is 16.7 Å². The van der Waals surface area contributed by atoms with E-state index in [4.69, 9.17) is 4.74 Å². The molecule has 5 atom stereocenters. The quantitative estimate of drug-likeness (QED) is 0.499. The van der Waals surface area contributed by atoms with Crippen LogP contribution >= 0.6 is 0 Å². The van der Waals surface area contributed by atoms with E-state index < -0.39 is 48.7 Å². The number of rotatable bonds is 5. The zero-order valence-electron chi connectivity index (χ0n) is 16.9. The van der Waals surface area contributed by atoms with Gasteiger partial charge in [-0.3, -0.25) is 19.1 Å². The van der Waals surface area contributed by atoms with Crippen molar-refractivity contribution in [2.75, 3.05) is 39.7 Å². The summed E-state index contributed by atoms with van der Waals surface area (Å²) in [7, 11) is 6.74. The first kappa shape index (κ1) is 21.3. The summed E-state index contributed by atoms with van der Waals surface area (Å²) in [6.07, 6.45) is -3.49. The minimum Gasteiger partial charge on any atom is -0.394 e. The summed E-state index contributed by atoms with van der Waals surface area (Å²) in [5.41, 5.74) is -0.634. The second-order valence-corrected chi connectivity index (χ2v) is 7.48.